The molecule has 7 nitrogen and oxygen atoms in total. The van der Waals surface area contributed by atoms with Crippen LogP contribution in [0.1, 0.15) is 12.8 Å². The number of β-amino-alcohol motifs (C(OH)–C–C–N with tert-alkyl or cyclic N) is 1. The maximum Gasteiger partial charge on any atom is 0.326 e. The zero-order chi connectivity index (χ0) is 13.7. The molecule has 0 spiro atoms. The largest absolute Gasteiger partial charge is 0.480 e. The first-order chi connectivity index (χ1) is 8.47. The summed E-state index contributed by atoms with van der Waals surface area (Å²) in [4.78, 5) is 25.8. The molecule has 2 amide bonds. The molecular formula is C11H21N3O4. The van der Waals surface area contributed by atoms with Gasteiger partial charge in [0.15, 0.2) is 0 Å². The standard InChI is InChI=1S/C11H21N3O4/c1-12-4-3-5-13(2)11(18)14-7-8(15)6-9(14)10(16)17/h8-9,12,15H,3-7H2,1-2H3,(H,16,17)/t8-,9-/m0/s1. The molecule has 0 aliphatic carbocycles. The van der Waals surface area contributed by atoms with Gasteiger partial charge in [-0.15, -0.1) is 0 Å². The minimum absolute atomic E-state index is 0.0895. The lowest BCUT2D eigenvalue weighted by molar-refractivity contribution is -0.141. The predicted octanol–water partition coefficient (Wildman–Crippen LogP) is -0.832. The van der Waals surface area contributed by atoms with E-state index in [2.05, 4.69) is 5.32 Å². The van der Waals surface area contributed by atoms with Crippen LogP contribution in [0.3, 0.4) is 0 Å². The van der Waals surface area contributed by atoms with Gasteiger partial charge in [0, 0.05) is 26.6 Å². The number of amides is 2. The Morgan fingerprint density at radius 2 is 2.17 bits per heavy atom. The fourth-order valence-corrected chi connectivity index (χ4v) is 2.07. The summed E-state index contributed by atoms with van der Waals surface area (Å²) in [5, 5.41) is 21.5. The second kappa shape index (κ2) is 6.55. The van der Waals surface area contributed by atoms with Crippen LogP contribution in [0.2, 0.25) is 0 Å². The van der Waals surface area contributed by atoms with Gasteiger partial charge in [0.25, 0.3) is 0 Å². The lowest BCUT2D eigenvalue weighted by Gasteiger charge is -2.27. The van der Waals surface area contributed by atoms with Crippen LogP contribution in [0.25, 0.3) is 0 Å². The Labute approximate surface area is 106 Å². The molecule has 1 fully saturated rings. The number of aliphatic hydroxyl groups is 1. The van der Waals surface area contributed by atoms with Crippen molar-refractivity contribution in [2.75, 3.05) is 33.7 Å². The highest BCUT2D eigenvalue weighted by Crippen LogP contribution is 2.19. The number of carboxylic acid groups (broad SMARTS) is 1. The van der Waals surface area contributed by atoms with E-state index in [4.69, 9.17) is 5.11 Å². The van der Waals surface area contributed by atoms with Crippen molar-refractivity contribution in [3.8, 4) is 0 Å². The van der Waals surface area contributed by atoms with Crippen molar-refractivity contribution < 1.29 is 19.8 Å². The fourth-order valence-electron chi connectivity index (χ4n) is 2.07. The van der Waals surface area contributed by atoms with E-state index < -0.39 is 18.1 Å². The first kappa shape index (κ1) is 14.7. The third-order valence-corrected chi connectivity index (χ3v) is 3.06. The molecule has 1 heterocycles. The van der Waals surface area contributed by atoms with Crippen LogP contribution in [0.15, 0.2) is 0 Å². The van der Waals surface area contributed by atoms with Crippen LogP contribution in [-0.2, 0) is 4.79 Å². The number of aliphatic carboxylic acids is 1. The molecule has 104 valence electrons. The van der Waals surface area contributed by atoms with Gasteiger partial charge < -0.3 is 25.3 Å². The van der Waals surface area contributed by atoms with Crippen molar-refractivity contribution in [1.82, 2.24) is 15.1 Å². The SMILES string of the molecule is CNCCCN(C)C(=O)N1C[C@@H](O)C[C@H]1C(=O)O. The smallest absolute Gasteiger partial charge is 0.326 e. The molecule has 1 saturated heterocycles. The quantitative estimate of drug-likeness (QED) is 0.560. The lowest BCUT2D eigenvalue weighted by Crippen LogP contribution is -2.47. The average molecular weight is 259 g/mol. The van der Waals surface area contributed by atoms with E-state index in [1.165, 1.54) is 9.80 Å². The number of aliphatic hydroxyl groups excluding tert-OH is 1. The highest BCUT2D eigenvalue weighted by molar-refractivity contribution is 5.83. The third-order valence-electron chi connectivity index (χ3n) is 3.06. The number of likely N-dealkylation sites (tertiary alicyclic amines) is 1. The highest BCUT2D eigenvalue weighted by atomic mass is 16.4. The van der Waals surface area contributed by atoms with Gasteiger partial charge in [-0.3, -0.25) is 0 Å². The molecule has 0 aromatic rings. The first-order valence-electron chi connectivity index (χ1n) is 6.04. The molecule has 0 saturated carbocycles. The molecule has 2 atom stereocenters. The minimum atomic E-state index is -1.07. The van der Waals surface area contributed by atoms with Crippen molar-refractivity contribution in [3.63, 3.8) is 0 Å². The van der Waals surface area contributed by atoms with Crippen LogP contribution >= 0.6 is 0 Å². The Hall–Kier alpha value is -1.34. The van der Waals surface area contributed by atoms with Crippen molar-refractivity contribution in [3.05, 3.63) is 0 Å². The van der Waals surface area contributed by atoms with Gasteiger partial charge in [-0.2, -0.15) is 0 Å². The van der Waals surface area contributed by atoms with Gasteiger partial charge in [0.1, 0.15) is 6.04 Å². The Balaban J connectivity index is 2.56. The molecule has 0 aromatic heterocycles. The Kier molecular flexibility index (Phi) is 5.36. The van der Waals surface area contributed by atoms with E-state index in [0.717, 1.165) is 13.0 Å². The number of nitrogens with one attached hydrogen (secondary N) is 1. The van der Waals surface area contributed by atoms with Crippen molar-refractivity contribution >= 4 is 12.0 Å². The van der Waals surface area contributed by atoms with E-state index in [9.17, 15) is 14.7 Å². The zero-order valence-electron chi connectivity index (χ0n) is 10.8. The summed E-state index contributed by atoms with van der Waals surface area (Å²) in [5.41, 5.74) is 0. The Morgan fingerprint density at radius 3 is 2.72 bits per heavy atom. The van der Waals surface area contributed by atoms with Crippen LogP contribution in [0.5, 0.6) is 0 Å². The first-order valence-corrected chi connectivity index (χ1v) is 6.04. The monoisotopic (exact) mass is 259 g/mol. The fraction of sp³-hybridized carbons (Fsp3) is 0.818. The molecule has 1 rings (SSSR count). The van der Waals surface area contributed by atoms with Crippen molar-refractivity contribution in [2.24, 2.45) is 0 Å². The second-order valence-corrected chi connectivity index (χ2v) is 4.56. The van der Waals surface area contributed by atoms with Crippen LogP contribution in [-0.4, -0.2) is 77.9 Å². The molecule has 0 aromatic carbocycles. The molecular weight excluding hydrogens is 238 g/mol. The maximum atomic E-state index is 12.1. The van der Waals surface area contributed by atoms with E-state index in [0.29, 0.717) is 6.54 Å². The van der Waals surface area contributed by atoms with Gasteiger partial charge in [-0.25, -0.2) is 9.59 Å². The Bertz CT molecular complexity index is 311. The molecule has 0 unspecified atom stereocenters. The highest BCUT2D eigenvalue weighted by Gasteiger charge is 2.39. The molecule has 1 aliphatic heterocycles. The summed E-state index contributed by atoms with van der Waals surface area (Å²) in [6.07, 6.45) is 0.152. The summed E-state index contributed by atoms with van der Waals surface area (Å²) in [6.45, 7) is 1.44. The molecule has 7 heteroatoms. The van der Waals surface area contributed by atoms with Crippen molar-refractivity contribution in [2.45, 2.75) is 25.0 Å². The van der Waals surface area contributed by atoms with Crippen LogP contribution in [0.4, 0.5) is 4.79 Å². The average Bonchev–Trinajstić information content (AvgIpc) is 2.70. The lowest BCUT2D eigenvalue weighted by atomic mass is 10.2. The summed E-state index contributed by atoms with van der Waals surface area (Å²) in [6, 6.07) is -1.26. The van der Waals surface area contributed by atoms with Gasteiger partial charge in [-0.05, 0) is 20.0 Å². The van der Waals surface area contributed by atoms with Gasteiger partial charge in [0.2, 0.25) is 0 Å². The summed E-state index contributed by atoms with van der Waals surface area (Å²) >= 11 is 0. The number of hydrogen-bond donors (Lipinski definition) is 3. The molecule has 0 bridgehead atoms. The van der Waals surface area contributed by atoms with Crippen LogP contribution < -0.4 is 5.32 Å². The molecule has 0 radical (unpaired) electrons. The molecule has 18 heavy (non-hydrogen) atoms. The summed E-state index contributed by atoms with van der Waals surface area (Å²) in [7, 11) is 3.47. The van der Waals surface area contributed by atoms with E-state index in [-0.39, 0.29) is 19.0 Å². The number of nitrogens with zero attached hydrogens (tertiary/aromatic N) is 2. The number of carbonyl (C=O) groups excluding carboxylic acids is 1. The van der Waals surface area contributed by atoms with Crippen LogP contribution in [0, 0.1) is 0 Å². The number of carbonyl (C=O) groups is 2. The number of rotatable bonds is 5. The zero-order valence-corrected chi connectivity index (χ0v) is 10.8. The number of carboxylic acids is 1. The van der Waals surface area contributed by atoms with Gasteiger partial charge >= 0.3 is 12.0 Å². The molecule has 3 N–H and O–H groups in total. The summed E-state index contributed by atoms with van der Waals surface area (Å²) < 4.78 is 0. The third kappa shape index (κ3) is 3.58. The normalized spacial score (nSPS) is 23.2. The van der Waals surface area contributed by atoms with Gasteiger partial charge in [0.05, 0.1) is 6.10 Å². The van der Waals surface area contributed by atoms with E-state index in [1.807, 2.05) is 7.05 Å². The maximum absolute atomic E-state index is 12.1. The van der Waals surface area contributed by atoms with E-state index in [1.54, 1.807) is 7.05 Å². The van der Waals surface area contributed by atoms with E-state index >= 15 is 0 Å². The molecule has 1 aliphatic rings. The Morgan fingerprint density at radius 1 is 1.50 bits per heavy atom. The number of urea groups is 1. The van der Waals surface area contributed by atoms with Crippen molar-refractivity contribution in [1.29, 1.82) is 0 Å². The minimum Gasteiger partial charge on any atom is -0.480 e. The topological polar surface area (TPSA) is 93.1 Å². The number of hydrogen-bond acceptors (Lipinski definition) is 4. The second-order valence-electron chi connectivity index (χ2n) is 4.56. The summed E-state index contributed by atoms with van der Waals surface area (Å²) in [5.74, 6) is -1.07. The van der Waals surface area contributed by atoms with Gasteiger partial charge in [-0.1, -0.05) is 0 Å². The predicted molar refractivity (Wildman–Crippen MR) is 65.3 cm³/mol.